The van der Waals surface area contributed by atoms with Crippen molar-refractivity contribution in [3.05, 3.63) is 59.1 Å². The molecule has 2 aromatic carbocycles. The van der Waals surface area contributed by atoms with Gasteiger partial charge in [0.15, 0.2) is 6.10 Å². The molecule has 2 rings (SSSR count). The Balaban J connectivity index is 2.22. The van der Waals surface area contributed by atoms with Crippen molar-refractivity contribution < 1.29 is 24.2 Å². The molecule has 0 saturated carbocycles. The van der Waals surface area contributed by atoms with E-state index in [1.165, 1.54) is 7.11 Å². The lowest BCUT2D eigenvalue weighted by molar-refractivity contribution is -0.139. The maximum atomic E-state index is 12.7. The minimum atomic E-state index is -1.14. The van der Waals surface area contributed by atoms with Crippen molar-refractivity contribution in [3.63, 3.8) is 0 Å². The third-order valence-electron chi connectivity index (χ3n) is 4.12. The van der Waals surface area contributed by atoms with Crippen molar-refractivity contribution in [2.24, 2.45) is 0 Å². The molecule has 0 bridgehead atoms. The third kappa shape index (κ3) is 5.37. The molecule has 27 heavy (non-hydrogen) atoms. The molecule has 0 aliphatic rings. The molecule has 0 spiro atoms. The summed E-state index contributed by atoms with van der Waals surface area (Å²) < 4.78 is 10.8. The molecule has 2 unspecified atom stereocenters. The number of benzene rings is 2. The molecule has 2 atom stereocenters. The molecular formula is C20H22ClNO5. The highest BCUT2D eigenvalue weighted by molar-refractivity contribution is 6.32. The highest BCUT2D eigenvalue weighted by Crippen LogP contribution is 2.29. The summed E-state index contributed by atoms with van der Waals surface area (Å²) in [6, 6.07) is 13.7. The van der Waals surface area contributed by atoms with Crippen LogP contribution < -0.4 is 14.8 Å². The number of carbonyl (C=O) groups is 2. The first-order valence-electron chi connectivity index (χ1n) is 8.34. The van der Waals surface area contributed by atoms with Crippen LogP contribution in [0, 0.1) is 0 Å². The minimum Gasteiger partial charge on any atom is -0.497 e. The molecule has 6 nitrogen and oxygen atoms in total. The van der Waals surface area contributed by atoms with E-state index in [2.05, 4.69) is 5.32 Å². The van der Waals surface area contributed by atoms with E-state index < -0.39 is 23.5 Å². The zero-order valence-electron chi connectivity index (χ0n) is 15.4. The van der Waals surface area contributed by atoms with Crippen molar-refractivity contribution in [1.29, 1.82) is 0 Å². The molecular weight excluding hydrogens is 370 g/mol. The van der Waals surface area contributed by atoms with Gasteiger partial charge in [0, 0.05) is 0 Å². The maximum absolute atomic E-state index is 12.7. The number of nitrogens with one attached hydrogen (secondary N) is 1. The molecule has 0 aromatic heterocycles. The smallest absolute Gasteiger partial charge is 0.306 e. The van der Waals surface area contributed by atoms with Gasteiger partial charge < -0.3 is 19.9 Å². The second-order valence-corrected chi connectivity index (χ2v) is 6.72. The number of halogens is 1. The lowest BCUT2D eigenvalue weighted by atomic mass is 9.88. The van der Waals surface area contributed by atoms with Gasteiger partial charge in [-0.15, -0.1) is 0 Å². The molecule has 2 aromatic rings. The molecule has 0 saturated heterocycles. The molecule has 0 radical (unpaired) electrons. The van der Waals surface area contributed by atoms with Crippen LogP contribution in [0.4, 0.5) is 0 Å². The van der Waals surface area contributed by atoms with Crippen LogP contribution in [0.2, 0.25) is 5.02 Å². The van der Waals surface area contributed by atoms with Crippen LogP contribution in [0.1, 0.15) is 25.8 Å². The lowest BCUT2D eigenvalue weighted by Gasteiger charge is -2.31. The Morgan fingerprint density at radius 2 is 1.93 bits per heavy atom. The van der Waals surface area contributed by atoms with Gasteiger partial charge in [0.1, 0.15) is 11.5 Å². The van der Waals surface area contributed by atoms with E-state index in [1.54, 1.807) is 62.4 Å². The number of methoxy groups -OCH3 is 1. The van der Waals surface area contributed by atoms with Crippen molar-refractivity contribution in [2.75, 3.05) is 7.11 Å². The average molecular weight is 392 g/mol. The number of hydrogen-bond acceptors (Lipinski definition) is 4. The highest BCUT2D eigenvalue weighted by Gasteiger charge is 2.33. The number of aliphatic carboxylic acids is 1. The Labute approximate surface area is 163 Å². The van der Waals surface area contributed by atoms with Gasteiger partial charge in [0.2, 0.25) is 0 Å². The van der Waals surface area contributed by atoms with Gasteiger partial charge in [0.05, 0.1) is 24.1 Å². The van der Waals surface area contributed by atoms with Crippen LogP contribution in [-0.2, 0) is 15.1 Å². The predicted molar refractivity (Wildman–Crippen MR) is 102 cm³/mol. The maximum Gasteiger partial charge on any atom is 0.306 e. The number of carbonyl (C=O) groups excluding carboxylic acids is 1. The van der Waals surface area contributed by atoms with E-state index >= 15 is 0 Å². The second kappa shape index (κ2) is 8.77. The molecule has 0 heterocycles. The van der Waals surface area contributed by atoms with Crippen LogP contribution in [0.5, 0.6) is 11.5 Å². The summed E-state index contributed by atoms with van der Waals surface area (Å²) in [7, 11) is 1.52. The van der Waals surface area contributed by atoms with Crippen molar-refractivity contribution in [2.45, 2.75) is 31.9 Å². The monoisotopic (exact) mass is 391 g/mol. The summed E-state index contributed by atoms with van der Waals surface area (Å²) in [5.41, 5.74) is -0.530. The molecule has 0 aliphatic heterocycles. The topological polar surface area (TPSA) is 84.9 Å². The lowest BCUT2D eigenvalue weighted by Crippen LogP contribution is -2.49. The largest absolute Gasteiger partial charge is 0.497 e. The standard InChI is InChI=1S/C20H22ClNO5/c1-13(27-17-10-5-4-9-16(17)21)19(25)22-20(2,12-18(23)24)14-7-6-8-15(11-14)26-3/h4-11,13H,12H2,1-3H3,(H,22,25)(H,23,24). The van der Waals surface area contributed by atoms with Gasteiger partial charge in [-0.2, -0.15) is 0 Å². The van der Waals surface area contributed by atoms with Crippen LogP contribution in [0.3, 0.4) is 0 Å². The number of hydrogen-bond donors (Lipinski definition) is 2. The zero-order valence-corrected chi connectivity index (χ0v) is 16.1. The van der Waals surface area contributed by atoms with Crippen LogP contribution >= 0.6 is 11.6 Å². The SMILES string of the molecule is COc1cccc(C(C)(CC(=O)O)NC(=O)C(C)Oc2ccccc2Cl)c1. The van der Waals surface area contributed by atoms with Gasteiger partial charge in [-0.1, -0.05) is 35.9 Å². The second-order valence-electron chi connectivity index (χ2n) is 6.31. The fourth-order valence-corrected chi connectivity index (χ4v) is 2.83. The van der Waals surface area contributed by atoms with Crippen molar-refractivity contribution >= 4 is 23.5 Å². The number of amides is 1. The van der Waals surface area contributed by atoms with Gasteiger partial charge in [0.25, 0.3) is 5.91 Å². The van der Waals surface area contributed by atoms with Crippen LogP contribution in [0.15, 0.2) is 48.5 Å². The number of carboxylic acids is 1. The van der Waals surface area contributed by atoms with E-state index in [9.17, 15) is 14.7 Å². The Hall–Kier alpha value is -2.73. The van der Waals surface area contributed by atoms with Gasteiger partial charge in [-0.3, -0.25) is 9.59 Å². The van der Waals surface area contributed by atoms with Gasteiger partial charge >= 0.3 is 5.97 Å². The van der Waals surface area contributed by atoms with Crippen molar-refractivity contribution in [1.82, 2.24) is 5.32 Å². The first-order chi connectivity index (χ1) is 12.7. The summed E-state index contributed by atoms with van der Waals surface area (Å²) in [6.45, 7) is 3.22. The summed E-state index contributed by atoms with van der Waals surface area (Å²) in [5, 5.41) is 12.5. The van der Waals surface area contributed by atoms with Gasteiger partial charge in [-0.25, -0.2) is 0 Å². The summed E-state index contributed by atoms with van der Waals surface area (Å²) in [5.74, 6) is -0.552. The molecule has 144 valence electrons. The number of ether oxygens (including phenoxy) is 2. The summed E-state index contributed by atoms with van der Waals surface area (Å²) in [4.78, 5) is 24.1. The average Bonchev–Trinajstić information content (AvgIpc) is 2.62. The zero-order chi connectivity index (χ0) is 20.0. The normalized spacial score (nSPS) is 13.9. The number of carboxylic acid groups (broad SMARTS) is 1. The minimum absolute atomic E-state index is 0.301. The highest BCUT2D eigenvalue weighted by atomic mass is 35.5. The fraction of sp³-hybridized carbons (Fsp3) is 0.300. The van der Waals surface area contributed by atoms with E-state index in [4.69, 9.17) is 21.1 Å². The van der Waals surface area contributed by atoms with Crippen molar-refractivity contribution in [3.8, 4) is 11.5 Å². The van der Waals surface area contributed by atoms with Crippen LogP contribution in [0.25, 0.3) is 0 Å². The number of para-hydroxylation sites is 1. The Bertz CT molecular complexity index is 826. The predicted octanol–water partition coefficient (Wildman–Crippen LogP) is 3.62. The van der Waals surface area contributed by atoms with E-state index in [1.807, 2.05) is 0 Å². The van der Waals surface area contributed by atoms with E-state index in [-0.39, 0.29) is 6.42 Å². The Morgan fingerprint density at radius 3 is 2.56 bits per heavy atom. The molecule has 1 amide bonds. The van der Waals surface area contributed by atoms with Gasteiger partial charge in [-0.05, 0) is 43.7 Å². The number of rotatable bonds is 8. The van der Waals surface area contributed by atoms with E-state index in [0.717, 1.165) is 0 Å². The molecule has 2 N–H and O–H groups in total. The first kappa shape index (κ1) is 20.6. The molecule has 0 fully saturated rings. The van der Waals surface area contributed by atoms with Crippen LogP contribution in [-0.4, -0.2) is 30.2 Å². The quantitative estimate of drug-likeness (QED) is 0.717. The Morgan fingerprint density at radius 1 is 1.22 bits per heavy atom. The summed E-state index contributed by atoms with van der Waals surface area (Å²) >= 11 is 6.06. The molecule has 7 heteroatoms. The first-order valence-corrected chi connectivity index (χ1v) is 8.72. The molecule has 0 aliphatic carbocycles. The third-order valence-corrected chi connectivity index (χ3v) is 4.43. The Kier molecular flexibility index (Phi) is 6.69. The fourth-order valence-electron chi connectivity index (χ4n) is 2.64. The van der Waals surface area contributed by atoms with E-state index in [0.29, 0.717) is 22.1 Å². The summed E-state index contributed by atoms with van der Waals surface area (Å²) in [6.07, 6.45) is -1.17.